The minimum absolute atomic E-state index is 0.767. The fourth-order valence-electron chi connectivity index (χ4n) is 2.08. The van der Waals surface area contributed by atoms with Crippen molar-refractivity contribution in [3.8, 4) is 0 Å². The molecule has 1 N–H and O–H groups in total. The van der Waals surface area contributed by atoms with Crippen LogP contribution in [0.25, 0.3) is 0 Å². The Labute approximate surface area is 79.9 Å². The molecule has 72 valence electrons. The lowest BCUT2D eigenvalue weighted by molar-refractivity contribution is 0.152. The second-order valence-corrected chi connectivity index (χ2v) is 4.03. The van der Waals surface area contributed by atoms with E-state index in [9.17, 15) is 0 Å². The van der Waals surface area contributed by atoms with E-state index in [1.165, 1.54) is 31.4 Å². The summed E-state index contributed by atoms with van der Waals surface area (Å²) in [6.45, 7) is 4.73. The molecular formula is C11H18N2. The highest BCUT2D eigenvalue weighted by Gasteiger charge is 2.17. The van der Waals surface area contributed by atoms with E-state index in [0.29, 0.717) is 0 Å². The number of aromatic amines is 1. The smallest absolute Gasteiger partial charge is 0.0251 e. The molecule has 0 saturated carbocycles. The number of H-pyrrole nitrogens is 1. The van der Waals surface area contributed by atoms with Gasteiger partial charge in [-0.2, -0.15) is 0 Å². The third-order valence-electron chi connectivity index (χ3n) is 2.99. The van der Waals surface area contributed by atoms with Crippen LogP contribution in [-0.2, 0) is 6.54 Å². The summed E-state index contributed by atoms with van der Waals surface area (Å²) in [4.78, 5) is 5.68. The van der Waals surface area contributed by atoms with Gasteiger partial charge in [-0.05, 0) is 37.9 Å². The first-order valence-electron chi connectivity index (χ1n) is 5.22. The van der Waals surface area contributed by atoms with E-state index in [1.54, 1.807) is 0 Å². The van der Waals surface area contributed by atoms with Crippen LogP contribution in [0.2, 0.25) is 0 Å². The average Bonchev–Trinajstić information content (AvgIpc) is 2.61. The second-order valence-electron chi connectivity index (χ2n) is 4.03. The predicted octanol–water partition coefficient (Wildman–Crippen LogP) is 2.39. The topological polar surface area (TPSA) is 19.0 Å². The van der Waals surface area contributed by atoms with Gasteiger partial charge in [0.05, 0.1) is 0 Å². The average molecular weight is 178 g/mol. The van der Waals surface area contributed by atoms with Gasteiger partial charge in [0, 0.05) is 25.0 Å². The van der Waals surface area contributed by atoms with Gasteiger partial charge in [0.15, 0.2) is 0 Å². The molecule has 1 aromatic heterocycles. The van der Waals surface area contributed by atoms with Gasteiger partial charge in [-0.25, -0.2) is 0 Å². The molecule has 1 aliphatic heterocycles. The van der Waals surface area contributed by atoms with Crippen molar-refractivity contribution in [3.05, 3.63) is 24.0 Å². The van der Waals surface area contributed by atoms with Crippen LogP contribution in [0.5, 0.6) is 0 Å². The number of rotatable bonds is 2. The summed E-state index contributed by atoms with van der Waals surface area (Å²) in [6, 6.07) is 2.94. The maximum Gasteiger partial charge on any atom is 0.0251 e. The molecule has 0 aromatic carbocycles. The lowest BCUT2D eigenvalue weighted by atomic mass is 10.0. The Bertz CT molecular complexity index is 241. The zero-order chi connectivity index (χ0) is 9.10. The minimum atomic E-state index is 0.767. The summed E-state index contributed by atoms with van der Waals surface area (Å²) in [7, 11) is 0. The fraction of sp³-hybridized carbons (Fsp3) is 0.636. The summed E-state index contributed by atoms with van der Waals surface area (Å²) in [6.07, 6.45) is 8.25. The minimum Gasteiger partial charge on any atom is -0.367 e. The Morgan fingerprint density at radius 1 is 1.54 bits per heavy atom. The molecule has 0 spiro atoms. The number of nitrogens with one attached hydrogen (secondary N) is 1. The van der Waals surface area contributed by atoms with E-state index in [-0.39, 0.29) is 0 Å². The highest BCUT2D eigenvalue weighted by molar-refractivity contribution is 5.08. The van der Waals surface area contributed by atoms with Crippen LogP contribution in [0.1, 0.15) is 31.7 Å². The third-order valence-corrected chi connectivity index (χ3v) is 2.99. The van der Waals surface area contributed by atoms with Crippen molar-refractivity contribution in [2.75, 3.05) is 6.54 Å². The summed E-state index contributed by atoms with van der Waals surface area (Å²) < 4.78 is 0. The van der Waals surface area contributed by atoms with Crippen LogP contribution in [-0.4, -0.2) is 22.5 Å². The molecule has 1 unspecified atom stereocenters. The van der Waals surface area contributed by atoms with Gasteiger partial charge in [0.25, 0.3) is 0 Å². The molecule has 1 aromatic rings. The van der Waals surface area contributed by atoms with Crippen LogP contribution in [0.15, 0.2) is 18.5 Å². The van der Waals surface area contributed by atoms with Crippen molar-refractivity contribution < 1.29 is 0 Å². The maximum atomic E-state index is 3.11. The molecule has 0 bridgehead atoms. The molecule has 13 heavy (non-hydrogen) atoms. The SMILES string of the molecule is CC1CCCCN1Cc1cc[nH]c1. The van der Waals surface area contributed by atoms with Gasteiger partial charge in [-0.3, -0.25) is 4.90 Å². The van der Waals surface area contributed by atoms with E-state index >= 15 is 0 Å². The third kappa shape index (κ3) is 2.13. The van der Waals surface area contributed by atoms with E-state index in [0.717, 1.165) is 12.6 Å². The second kappa shape index (κ2) is 3.97. The molecule has 0 radical (unpaired) electrons. The fourth-order valence-corrected chi connectivity index (χ4v) is 2.08. The van der Waals surface area contributed by atoms with Crippen molar-refractivity contribution in [1.29, 1.82) is 0 Å². The standard InChI is InChI=1S/C11H18N2/c1-10-4-2-3-7-13(10)9-11-5-6-12-8-11/h5-6,8,10,12H,2-4,7,9H2,1H3. The lowest BCUT2D eigenvalue weighted by Crippen LogP contribution is -2.36. The number of hydrogen-bond acceptors (Lipinski definition) is 1. The van der Waals surface area contributed by atoms with Crippen molar-refractivity contribution in [2.24, 2.45) is 0 Å². The normalized spacial score (nSPS) is 24.8. The molecule has 1 atom stereocenters. The van der Waals surface area contributed by atoms with Crippen LogP contribution in [0, 0.1) is 0 Å². The summed E-state index contributed by atoms with van der Waals surface area (Å²) >= 11 is 0. The van der Waals surface area contributed by atoms with Crippen LogP contribution < -0.4 is 0 Å². The monoisotopic (exact) mass is 178 g/mol. The number of aromatic nitrogens is 1. The van der Waals surface area contributed by atoms with Crippen LogP contribution in [0.3, 0.4) is 0 Å². The zero-order valence-corrected chi connectivity index (χ0v) is 8.29. The Kier molecular flexibility index (Phi) is 2.69. The van der Waals surface area contributed by atoms with E-state index < -0.39 is 0 Å². The molecule has 2 heteroatoms. The van der Waals surface area contributed by atoms with Gasteiger partial charge in [-0.15, -0.1) is 0 Å². The maximum absolute atomic E-state index is 3.11. The summed E-state index contributed by atoms with van der Waals surface area (Å²) in [5.41, 5.74) is 1.41. The number of piperidine rings is 1. The molecule has 2 heterocycles. The van der Waals surface area contributed by atoms with Crippen LogP contribution in [0.4, 0.5) is 0 Å². The van der Waals surface area contributed by atoms with Crippen molar-refractivity contribution >= 4 is 0 Å². The van der Waals surface area contributed by atoms with E-state index in [1.807, 2.05) is 6.20 Å². The van der Waals surface area contributed by atoms with Crippen molar-refractivity contribution in [1.82, 2.24) is 9.88 Å². The van der Waals surface area contributed by atoms with Gasteiger partial charge < -0.3 is 4.98 Å². The van der Waals surface area contributed by atoms with Crippen LogP contribution >= 0.6 is 0 Å². The van der Waals surface area contributed by atoms with Gasteiger partial charge in [-0.1, -0.05) is 6.42 Å². The molecular weight excluding hydrogens is 160 g/mol. The Hall–Kier alpha value is -0.760. The van der Waals surface area contributed by atoms with E-state index in [4.69, 9.17) is 0 Å². The van der Waals surface area contributed by atoms with Gasteiger partial charge >= 0.3 is 0 Å². The quantitative estimate of drug-likeness (QED) is 0.736. The van der Waals surface area contributed by atoms with Crippen molar-refractivity contribution in [3.63, 3.8) is 0 Å². The number of hydrogen-bond donors (Lipinski definition) is 1. The molecule has 2 nitrogen and oxygen atoms in total. The number of nitrogens with zero attached hydrogens (tertiary/aromatic N) is 1. The van der Waals surface area contributed by atoms with E-state index in [2.05, 4.69) is 29.1 Å². The molecule has 2 rings (SSSR count). The Morgan fingerprint density at radius 3 is 3.15 bits per heavy atom. The van der Waals surface area contributed by atoms with Crippen molar-refractivity contribution in [2.45, 2.75) is 38.8 Å². The molecule has 1 fully saturated rings. The molecule has 0 amide bonds. The first-order chi connectivity index (χ1) is 6.36. The summed E-state index contributed by atoms with van der Waals surface area (Å²) in [5, 5.41) is 0. The first-order valence-corrected chi connectivity index (χ1v) is 5.22. The first kappa shape index (κ1) is 8.82. The van der Waals surface area contributed by atoms with Gasteiger partial charge in [0.1, 0.15) is 0 Å². The largest absolute Gasteiger partial charge is 0.367 e. The Morgan fingerprint density at radius 2 is 2.46 bits per heavy atom. The number of likely N-dealkylation sites (tertiary alicyclic amines) is 1. The predicted molar refractivity (Wildman–Crippen MR) is 54.5 cm³/mol. The molecule has 1 aliphatic rings. The lowest BCUT2D eigenvalue weighted by Gasteiger charge is -2.32. The van der Waals surface area contributed by atoms with Gasteiger partial charge in [0.2, 0.25) is 0 Å². The zero-order valence-electron chi connectivity index (χ0n) is 8.29. The Balaban J connectivity index is 1.93. The highest BCUT2D eigenvalue weighted by atomic mass is 15.2. The summed E-state index contributed by atoms with van der Waals surface area (Å²) in [5.74, 6) is 0. The highest BCUT2D eigenvalue weighted by Crippen LogP contribution is 2.18. The molecule has 0 aliphatic carbocycles. The molecule has 1 saturated heterocycles.